The van der Waals surface area contributed by atoms with Gasteiger partial charge in [0.2, 0.25) is 10.0 Å². The number of nitrogens with two attached hydrogens (primary N) is 1. The van der Waals surface area contributed by atoms with E-state index in [1.165, 1.54) is 18.2 Å². The van der Waals surface area contributed by atoms with Gasteiger partial charge in [-0.1, -0.05) is 36.4 Å². The fraction of sp³-hybridized carbons (Fsp3) is 0.0556. The fourth-order valence-corrected chi connectivity index (χ4v) is 3.31. The first kappa shape index (κ1) is 17.1. The Bertz CT molecular complexity index is 1040. The van der Waals surface area contributed by atoms with Gasteiger partial charge >= 0.3 is 0 Å². The van der Waals surface area contributed by atoms with Crippen molar-refractivity contribution in [1.82, 2.24) is 9.78 Å². The number of primary sulfonamides is 1. The first-order valence-electron chi connectivity index (χ1n) is 7.50. The molecule has 0 aliphatic rings. The van der Waals surface area contributed by atoms with Crippen molar-refractivity contribution < 1.29 is 12.8 Å². The van der Waals surface area contributed by atoms with E-state index in [0.717, 1.165) is 5.56 Å². The predicted molar refractivity (Wildman–Crippen MR) is 95.4 cm³/mol. The maximum absolute atomic E-state index is 13.2. The van der Waals surface area contributed by atoms with Crippen molar-refractivity contribution in [2.24, 2.45) is 5.14 Å². The molecule has 2 aromatic carbocycles. The van der Waals surface area contributed by atoms with Gasteiger partial charge in [-0.3, -0.25) is 0 Å². The molecule has 0 fully saturated rings. The average Bonchev–Trinajstić information content (AvgIpc) is 2.99. The minimum atomic E-state index is -3.92. The van der Waals surface area contributed by atoms with Crippen molar-refractivity contribution in [2.45, 2.75) is 11.8 Å². The normalized spacial score (nSPS) is 12.0. The van der Waals surface area contributed by atoms with Gasteiger partial charge in [0.25, 0.3) is 0 Å². The third kappa shape index (κ3) is 3.52. The van der Waals surface area contributed by atoms with Gasteiger partial charge in [0.15, 0.2) is 0 Å². The summed E-state index contributed by atoms with van der Waals surface area (Å²) in [6, 6.07) is 12.3. The lowest BCUT2D eigenvalue weighted by molar-refractivity contribution is 0.598. The van der Waals surface area contributed by atoms with Crippen LogP contribution in [0.5, 0.6) is 0 Å². The summed E-state index contributed by atoms with van der Waals surface area (Å²) < 4.78 is 38.7. The van der Waals surface area contributed by atoms with E-state index in [1.54, 1.807) is 53.5 Å². The molecule has 1 aromatic heterocycles. The van der Waals surface area contributed by atoms with E-state index < -0.39 is 10.0 Å². The molecule has 0 aliphatic carbocycles. The first-order chi connectivity index (χ1) is 11.9. The standard InChI is InChI=1S/C18H16FN3O2S/c1-2-11-22-12-16(13-7-9-14(19)10-8-13)18(21-22)15-5-3-4-6-17(15)25(20,23)24/h2-12H,1H3,(H2,20,23,24). The number of aromatic nitrogens is 2. The summed E-state index contributed by atoms with van der Waals surface area (Å²) in [4.78, 5) is -0.0101. The zero-order valence-electron chi connectivity index (χ0n) is 13.4. The first-order valence-corrected chi connectivity index (χ1v) is 9.05. The lowest BCUT2D eigenvalue weighted by atomic mass is 10.0. The van der Waals surface area contributed by atoms with Crippen molar-refractivity contribution in [2.75, 3.05) is 0 Å². The summed E-state index contributed by atoms with van der Waals surface area (Å²) in [7, 11) is -3.92. The molecule has 25 heavy (non-hydrogen) atoms. The SMILES string of the molecule is CC=Cn1cc(-c2ccc(F)cc2)c(-c2ccccc2S(N)(=O)=O)n1. The molecule has 0 saturated heterocycles. The Kier molecular flexibility index (Phi) is 4.52. The quantitative estimate of drug-likeness (QED) is 0.776. The maximum Gasteiger partial charge on any atom is 0.238 e. The van der Waals surface area contributed by atoms with Crippen LogP contribution in [-0.2, 0) is 10.0 Å². The molecule has 0 bridgehead atoms. The van der Waals surface area contributed by atoms with E-state index in [9.17, 15) is 12.8 Å². The molecule has 0 saturated carbocycles. The van der Waals surface area contributed by atoms with Crippen molar-refractivity contribution in [3.63, 3.8) is 0 Å². The molecule has 0 atom stereocenters. The van der Waals surface area contributed by atoms with Crippen LogP contribution >= 0.6 is 0 Å². The molecule has 128 valence electrons. The molecule has 0 unspecified atom stereocenters. The van der Waals surface area contributed by atoms with Gasteiger partial charge in [-0.15, -0.1) is 0 Å². The van der Waals surface area contributed by atoms with E-state index in [-0.39, 0.29) is 10.7 Å². The number of nitrogens with zero attached hydrogens (tertiary/aromatic N) is 2. The van der Waals surface area contributed by atoms with Crippen molar-refractivity contribution in [3.05, 3.63) is 66.6 Å². The van der Waals surface area contributed by atoms with Gasteiger partial charge in [-0.25, -0.2) is 22.6 Å². The van der Waals surface area contributed by atoms with Gasteiger partial charge < -0.3 is 0 Å². The predicted octanol–water partition coefficient (Wildman–Crippen LogP) is 3.49. The summed E-state index contributed by atoms with van der Waals surface area (Å²) >= 11 is 0. The van der Waals surface area contributed by atoms with Crippen LogP contribution in [0.1, 0.15) is 6.92 Å². The number of hydrogen-bond donors (Lipinski definition) is 1. The highest BCUT2D eigenvalue weighted by molar-refractivity contribution is 7.89. The second-order valence-corrected chi connectivity index (χ2v) is 6.93. The minimum Gasteiger partial charge on any atom is -0.247 e. The fourth-order valence-electron chi connectivity index (χ4n) is 2.57. The lowest BCUT2D eigenvalue weighted by Gasteiger charge is -2.07. The van der Waals surface area contributed by atoms with E-state index in [0.29, 0.717) is 16.8 Å². The summed E-state index contributed by atoms with van der Waals surface area (Å²) in [6.07, 6.45) is 5.29. The van der Waals surface area contributed by atoms with Crippen LogP contribution in [-0.4, -0.2) is 18.2 Å². The Morgan fingerprint density at radius 3 is 2.40 bits per heavy atom. The molecule has 0 amide bonds. The van der Waals surface area contributed by atoms with Gasteiger partial charge in [-0.2, -0.15) is 5.10 Å². The van der Waals surface area contributed by atoms with Crippen molar-refractivity contribution in [3.8, 4) is 22.4 Å². The summed E-state index contributed by atoms with van der Waals surface area (Å²) in [6.45, 7) is 1.84. The van der Waals surface area contributed by atoms with Crippen LogP contribution in [0.15, 0.2) is 65.7 Å². The molecule has 3 rings (SSSR count). The van der Waals surface area contributed by atoms with Crippen molar-refractivity contribution >= 4 is 16.2 Å². The number of halogens is 1. The van der Waals surface area contributed by atoms with Crippen LogP contribution in [0, 0.1) is 5.82 Å². The zero-order chi connectivity index (χ0) is 18.0. The number of hydrogen-bond acceptors (Lipinski definition) is 3. The third-order valence-electron chi connectivity index (χ3n) is 3.64. The highest BCUT2D eigenvalue weighted by atomic mass is 32.2. The molecule has 2 N–H and O–H groups in total. The Labute approximate surface area is 145 Å². The third-order valence-corrected chi connectivity index (χ3v) is 4.61. The van der Waals surface area contributed by atoms with Gasteiger partial charge in [-0.05, 0) is 30.7 Å². The molecule has 1 heterocycles. The smallest absolute Gasteiger partial charge is 0.238 e. The highest BCUT2D eigenvalue weighted by Crippen LogP contribution is 2.34. The monoisotopic (exact) mass is 357 g/mol. The Morgan fingerprint density at radius 2 is 1.76 bits per heavy atom. The average molecular weight is 357 g/mol. The van der Waals surface area contributed by atoms with Gasteiger partial charge in [0.05, 0.1) is 4.90 Å². The summed E-state index contributed by atoms with van der Waals surface area (Å²) in [5.41, 5.74) is 2.24. The highest BCUT2D eigenvalue weighted by Gasteiger charge is 2.20. The zero-order valence-corrected chi connectivity index (χ0v) is 14.2. The van der Waals surface area contributed by atoms with Gasteiger partial charge in [0.1, 0.15) is 11.5 Å². The largest absolute Gasteiger partial charge is 0.247 e. The molecular formula is C18H16FN3O2S. The second kappa shape index (κ2) is 6.62. The van der Waals surface area contributed by atoms with E-state index in [2.05, 4.69) is 5.10 Å². The minimum absolute atomic E-state index is 0.0101. The van der Waals surface area contributed by atoms with E-state index in [4.69, 9.17) is 5.14 Å². The Morgan fingerprint density at radius 1 is 1.08 bits per heavy atom. The maximum atomic E-state index is 13.2. The second-order valence-electron chi connectivity index (χ2n) is 5.40. The Balaban J connectivity index is 2.28. The molecular weight excluding hydrogens is 341 g/mol. The topological polar surface area (TPSA) is 78.0 Å². The van der Waals surface area contributed by atoms with Gasteiger partial charge in [0, 0.05) is 23.5 Å². The summed E-state index contributed by atoms with van der Waals surface area (Å²) in [5.74, 6) is -0.351. The molecule has 0 radical (unpaired) electrons. The Hall–Kier alpha value is -2.77. The number of benzene rings is 2. The van der Waals surface area contributed by atoms with Crippen molar-refractivity contribution in [1.29, 1.82) is 0 Å². The van der Waals surface area contributed by atoms with E-state index >= 15 is 0 Å². The van der Waals surface area contributed by atoms with Crippen LogP contribution in [0.25, 0.3) is 28.6 Å². The molecule has 5 nitrogen and oxygen atoms in total. The number of sulfonamides is 1. The lowest BCUT2D eigenvalue weighted by Crippen LogP contribution is -2.13. The molecule has 0 spiro atoms. The van der Waals surface area contributed by atoms with Crippen LogP contribution < -0.4 is 5.14 Å². The number of rotatable bonds is 4. The summed E-state index contributed by atoms with van der Waals surface area (Å²) in [5, 5.41) is 9.80. The molecule has 7 heteroatoms. The molecule has 0 aliphatic heterocycles. The van der Waals surface area contributed by atoms with Crippen LogP contribution in [0.3, 0.4) is 0 Å². The van der Waals surface area contributed by atoms with Crippen LogP contribution in [0.4, 0.5) is 4.39 Å². The van der Waals surface area contributed by atoms with Crippen LogP contribution in [0.2, 0.25) is 0 Å². The van der Waals surface area contributed by atoms with E-state index in [1.807, 2.05) is 6.92 Å². The number of allylic oxidation sites excluding steroid dienone is 1. The molecule has 3 aromatic rings.